The van der Waals surface area contributed by atoms with Crippen molar-refractivity contribution in [3.8, 4) is 5.75 Å². The third kappa shape index (κ3) is 2.80. The Morgan fingerprint density at radius 2 is 2.00 bits per heavy atom. The van der Waals surface area contributed by atoms with Crippen molar-refractivity contribution in [1.82, 2.24) is 24.9 Å². The molecule has 2 aromatic carbocycles. The van der Waals surface area contributed by atoms with Gasteiger partial charge in [0.05, 0.1) is 24.7 Å². The molecule has 0 aliphatic heterocycles. The van der Waals surface area contributed by atoms with Crippen LogP contribution in [-0.4, -0.2) is 32.6 Å². The van der Waals surface area contributed by atoms with Crippen LogP contribution in [0.5, 0.6) is 5.75 Å². The zero-order valence-corrected chi connectivity index (χ0v) is 14.7. The fourth-order valence-corrected chi connectivity index (χ4v) is 3.02. The first-order chi connectivity index (χ1) is 12.7. The molecule has 26 heavy (non-hydrogen) atoms. The molecule has 0 unspecified atom stereocenters. The topological polar surface area (TPSA) is 84.3 Å². The van der Waals surface area contributed by atoms with E-state index in [0.717, 1.165) is 10.9 Å². The van der Waals surface area contributed by atoms with Gasteiger partial charge in [-0.1, -0.05) is 24.3 Å². The first-order valence-electron chi connectivity index (χ1n) is 7.95. The van der Waals surface area contributed by atoms with Crippen LogP contribution in [0.15, 0.2) is 48.5 Å². The molecule has 0 fully saturated rings. The van der Waals surface area contributed by atoms with Crippen LogP contribution in [0.25, 0.3) is 16.6 Å². The molecule has 130 valence electrons. The van der Waals surface area contributed by atoms with E-state index in [2.05, 4.69) is 20.4 Å². The molecule has 4 rings (SSSR count). The zero-order chi connectivity index (χ0) is 18.1. The number of aromatic amines is 1. The second-order valence-electron chi connectivity index (χ2n) is 5.62. The van der Waals surface area contributed by atoms with E-state index in [9.17, 15) is 4.79 Å². The molecule has 2 N–H and O–H groups in total. The molecular weight excluding hydrogens is 350 g/mol. The van der Waals surface area contributed by atoms with E-state index < -0.39 is 0 Å². The highest BCUT2D eigenvalue weighted by Crippen LogP contribution is 2.18. The van der Waals surface area contributed by atoms with E-state index in [0.29, 0.717) is 27.6 Å². The van der Waals surface area contributed by atoms with Crippen molar-refractivity contribution in [2.75, 3.05) is 7.11 Å². The molecule has 2 heterocycles. The van der Waals surface area contributed by atoms with Crippen molar-refractivity contribution in [2.45, 2.75) is 6.54 Å². The summed E-state index contributed by atoms with van der Waals surface area (Å²) in [4.78, 5) is 20.1. The largest absolute Gasteiger partial charge is 0.496 e. The van der Waals surface area contributed by atoms with E-state index in [4.69, 9.17) is 17.0 Å². The van der Waals surface area contributed by atoms with Crippen LogP contribution in [0.3, 0.4) is 0 Å². The monoisotopic (exact) mass is 365 g/mol. The Morgan fingerprint density at radius 3 is 2.85 bits per heavy atom. The van der Waals surface area contributed by atoms with Gasteiger partial charge in [-0.3, -0.25) is 4.79 Å². The van der Waals surface area contributed by atoms with Crippen molar-refractivity contribution in [3.05, 3.63) is 64.7 Å². The number of para-hydroxylation sites is 2. The summed E-state index contributed by atoms with van der Waals surface area (Å²) in [5.74, 6) is 0.738. The number of methoxy groups -OCH3 is 1. The van der Waals surface area contributed by atoms with Crippen LogP contribution >= 0.6 is 12.2 Å². The maximum absolute atomic E-state index is 12.4. The molecule has 1 amide bonds. The van der Waals surface area contributed by atoms with Gasteiger partial charge in [0.2, 0.25) is 4.77 Å². The standard InChI is InChI=1S/C18H15N5O2S/c1-25-14-9-5-3-7-12(14)17(24)19-10-15-21-16-11-6-2-4-8-13(11)20-18(26)23(16)22-15/h2-9H,10H2,1H3,(H,19,24)(H,20,26). The van der Waals surface area contributed by atoms with Crippen LogP contribution in [0.4, 0.5) is 0 Å². The molecule has 0 saturated carbocycles. The number of carbonyl (C=O) groups excluding carboxylic acids is 1. The number of hydrogen-bond donors (Lipinski definition) is 2. The van der Waals surface area contributed by atoms with E-state index in [1.165, 1.54) is 7.11 Å². The fourth-order valence-electron chi connectivity index (χ4n) is 2.79. The highest BCUT2D eigenvalue weighted by atomic mass is 32.1. The molecule has 0 radical (unpaired) electrons. The summed E-state index contributed by atoms with van der Waals surface area (Å²) >= 11 is 5.34. The lowest BCUT2D eigenvalue weighted by atomic mass is 10.2. The summed E-state index contributed by atoms with van der Waals surface area (Å²) in [6, 6.07) is 14.8. The Labute approximate surface area is 153 Å². The maximum atomic E-state index is 12.4. The number of fused-ring (bicyclic) bond motifs is 3. The number of nitrogens with one attached hydrogen (secondary N) is 2. The molecule has 0 saturated heterocycles. The van der Waals surface area contributed by atoms with Gasteiger partial charge in [0.1, 0.15) is 5.75 Å². The minimum Gasteiger partial charge on any atom is -0.496 e. The smallest absolute Gasteiger partial charge is 0.255 e. The lowest BCUT2D eigenvalue weighted by Gasteiger charge is -2.07. The summed E-state index contributed by atoms with van der Waals surface area (Å²) in [6.45, 7) is 0.182. The predicted molar refractivity (Wildman–Crippen MR) is 99.8 cm³/mol. The summed E-state index contributed by atoms with van der Waals surface area (Å²) < 4.78 is 7.24. The quantitative estimate of drug-likeness (QED) is 0.543. The van der Waals surface area contributed by atoms with Gasteiger partial charge in [0.15, 0.2) is 11.5 Å². The third-order valence-corrected chi connectivity index (χ3v) is 4.29. The Kier molecular flexibility index (Phi) is 4.10. The number of ether oxygens (including phenoxy) is 1. The molecule has 0 aliphatic rings. The number of H-pyrrole nitrogens is 1. The van der Waals surface area contributed by atoms with Gasteiger partial charge in [-0.25, -0.2) is 4.98 Å². The lowest BCUT2D eigenvalue weighted by Crippen LogP contribution is -2.24. The number of rotatable bonds is 4. The van der Waals surface area contributed by atoms with Crippen LogP contribution in [0.2, 0.25) is 0 Å². The van der Waals surface area contributed by atoms with Crippen LogP contribution in [-0.2, 0) is 6.54 Å². The van der Waals surface area contributed by atoms with Crippen LogP contribution < -0.4 is 10.1 Å². The van der Waals surface area contributed by atoms with Crippen molar-refractivity contribution in [2.24, 2.45) is 0 Å². The van der Waals surface area contributed by atoms with E-state index in [-0.39, 0.29) is 12.5 Å². The molecule has 0 spiro atoms. The molecule has 8 heteroatoms. The van der Waals surface area contributed by atoms with E-state index in [1.807, 2.05) is 30.3 Å². The SMILES string of the molecule is COc1ccccc1C(=O)NCc1nc2c3ccccc3[nH]c(=S)n2n1. The average molecular weight is 365 g/mol. The van der Waals surface area contributed by atoms with Crippen molar-refractivity contribution in [3.63, 3.8) is 0 Å². The molecule has 4 aromatic rings. The number of hydrogen-bond acceptors (Lipinski definition) is 5. The minimum atomic E-state index is -0.253. The minimum absolute atomic E-state index is 0.182. The van der Waals surface area contributed by atoms with Gasteiger partial charge in [-0.05, 0) is 36.5 Å². The summed E-state index contributed by atoms with van der Waals surface area (Å²) in [7, 11) is 1.53. The number of carbonyl (C=O) groups is 1. The van der Waals surface area contributed by atoms with Gasteiger partial charge < -0.3 is 15.0 Å². The van der Waals surface area contributed by atoms with Crippen LogP contribution in [0.1, 0.15) is 16.2 Å². The normalized spacial score (nSPS) is 11.0. The van der Waals surface area contributed by atoms with Gasteiger partial charge in [-0.15, -0.1) is 5.10 Å². The Balaban J connectivity index is 1.64. The zero-order valence-electron chi connectivity index (χ0n) is 13.9. The van der Waals surface area contributed by atoms with Crippen molar-refractivity contribution >= 4 is 34.7 Å². The molecule has 0 atom stereocenters. The summed E-state index contributed by atoms with van der Waals surface area (Å²) in [5.41, 5.74) is 2.01. The fraction of sp³-hybridized carbons (Fsp3) is 0.111. The first kappa shape index (κ1) is 16.2. The van der Waals surface area contributed by atoms with Gasteiger partial charge in [-0.2, -0.15) is 4.52 Å². The highest BCUT2D eigenvalue weighted by molar-refractivity contribution is 7.71. The van der Waals surface area contributed by atoms with E-state index in [1.54, 1.807) is 22.7 Å². The highest BCUT2D eigenvalue weighted by Gasteiger charge is 2.13. The van der Waals surface area contributed by atoms with Crippen LogP contribution in [0, 0.1) is 4.77 Å². The van der Waals surface area contributed by atoms with Gasteiger partial charge in [0, 0.05) is 5.39 Å². The first-order valence-corrected chi connectivity index (χ1v) is 8.36. The predicted octanol–water partition coefficient (Wildman–Crippen LogP) is 2.88. The Bertz CT molecular complexity index is 1180. The molecule has 0 aliphatic carbocycles. The Hall–Kier alpha value is -3.26. The third-order valence-electron chi connectivity index (χ3n) is 4.01. The summed E-state index contributed by atoms with van der Waals surface area (Å²) in [6.07, 6.45) is 0. The van der Waals surface area contributed by atoms with Gasteiger partial charge in [0.25, 0.3) is 5.91 Å². The molecule has 2 aromatic heterocycles. The van der Waals surface area contributed by atoms with Crippen molar-refractivity contribution in [1.29, 1.82) is 0 Å². The van der Waals surface area contributed by atoms with Crippen molar-refractivity contribution < 1.29 is 9.53 Å². The lowest BCUT2D eigenvalue weighted by molar-refractivity contribution is 0.0947. The number of aromatic nitrogens is 4. The number of amides is 1. The second-order valence-corrected chi connectivity index (χ2v) is 6.01. The maximum Gasteiger partial charge on any atom is 0.255 e. The summed E-state index contributed by atoms with van der Waals surface area (Å²) in [5, 5.41) is 8.12. The average Bonchev–Trinajstić information content (AvgIpc) is 3.11. The van der Waals surface area contributed by atoms with Gasteiger partial charge >= 0.3 is 0 Å². The number of benzene rings is 2. The second kappa shape index (κ2) is 6.57. The van der Waals surface area contributed by atoms with E-state index >= 15 is 0 Å². The molecule has 7 nitrogen and oxygen atoms in total. The molecule has 0 bridgehead atoms. The molecular formula is C18H15N5O2S. The Morgan fingerprint density at radius 1 is 1.23 bits per heavy atom. The number of nitrogens with zero attached hydrogens (tertiary/aromatic N) is 3.